The maximum Gasteiger partial charge on any atom is 0.312 e. The highest BCUT2D eigenvalue weighted by Crippen LogP contribution is 2.31. The van der Waals surface area contributed by atoms with Gasteiger partial charge in [-0.2, -0.15) is 11.8 Å². The molecule has 0 aliphatic rings. The highest BCUT2D eigenvalue weighted by molar-refractivity contribution is 7.98. The van der Waals surface area contributed by atoms with Gasteiger partial charge in [0, 0.05) is 18.8 Å². The molecular weight excluding hydrogens is 302 g/mol. The highest BCUT2D eigenvalue weighted by atomic mass is 32.2. The van der Waals surface area contributed by atoms with Crippen LogP contribution in [-0.2, 0) is 10.0 Å². The van der Waals surface area contributed by atoms with Gasteiger partial charge in [0.25, 0.3) is 0 Å². The van der Waals surface area contributed by atoms with Gasteiger partial charge in [-0.1, -0.05) is 6.07 Å². The van der Waals surface area contributed by atoms with Crippen LogP contribution in [0.2, 0.25) is 0 Å². The summed E-state index contributed by atoms with van der Waals surface area (Å²) in [6.45, 7) is 2.47. The predicted molar refractivity (Wildman–Crippen MR) is 80.8 cm³/mol. The molecule has 0 aliphatic carbocycles. The summed E-state index contributed by atoms with van der Waals surface area (Å²) < 4.78 is 26.6. The molecular formula is C11H17N3O4S2. The smallest absolute Gasteiger partial charge is 0.312 e. The molecule has 0 spiro atoms. The number of hydrogen-bond acceptors (Lipinski definition) is 6. The molecule has 0 atom stereocenters. The van der Waals surface area contributed by atoms with Crippen LogP contribution in [0.25, 0.3) is 0 Å². The van der Waals surface area contributed by atoms with Crippen LogP contribution in [0.15, 0.2) is 23.1 Å². The maximum absolute atomic E-state index is 12.1. The van der Waals surface area contributed by atoms with Crippen molar-refractivity contribution in [2.24, 2.45) is 0 Å². The molecule has 0 aromatic heterocycles. The van der Waals surface area contributed by atoms with Crippen molar-refractivity contribution in [2.45, 2.75) is 11.8 Å². The van der Waals surface area contributed by atoms with Gasteiger partial charge in [-0.25, -0.2) is 13.1 Å². The quantitative estimate of drug-likeness (QED) is 0.429. The Hall–Kier alpha value is -1.32. The van der Waals surface area contributed by atoms with E-state index in [4.69, 9.17) is 0 Å². The molecule has 0 radical (unpaired) electrons. The lowest BCUT2D eigenvalue weighted by Crippen LogP contribution is -2.26. The molecule has 0 aliphatic heterocycles. The van der Waals surface area contributed by atoms with E-state index in [0.717, 1.165) is 0 Å². The van der Waals surface area contributed by atoms with Gasteiger partial charge >= 0.3 is 5.69 Å². The summed E-state index contributed by atoms with van der Waals surface area (Å²) in [5.41, 5.74) is -0.226. The molecule has 7 nitrogen and oxygen atoms in total. The zero-order valence-electron chi connectivity index (χ0n) is 11.3. The lowest BCUT2D eigenvalue weighted by molar-refractivity contribution is -0.386. The van der Waals surface area contributed by atoms with Crippen LogP contribution in [0.3, 0.4) is 0 Å². The Labute approximate surface area is 122 Å². The van der Waals surface area contributed by atoms with E-state index in [2.05, 4.69) is 10.0 Å². The van der Waals surface area contributed by atoms with Crippen LogP contribution in [0, 0.1) is 10.1 Å². The fourth-order valence-electron chi connectivity index (χ4n) is 1.62. The molecule has 0 heterocycles. The van der Waals surface area contributed by atoms with Gasteiger partial charge in [-0.05, 0) is 25.3 Å². The van der Waals surface area contributed by atoms with Crippen LogP contribution in [0.1, 0.15) is 6.92 Å². The first kappa shape index (κ1) is 16.7. The summed E-state index contributed by atoms with van der Waals surface area (Å²) in [6, 6.07) is 4.21. The molecule has 0 fully saturated rings. The summed E-state index contributed by atoms with van der Waals surface area (Å²) in [5, 5.41) is 14.0. The second kappa shape index (κ2) is 7.46. The van der Waals surface area contributed by atoms with E-state index in [1.165, 1.54) is 30.0 Å². The minimum absolute atomic E-state index is 0.199. The van der Waals surface area contributed by atoms with Gasteiger partial charge in [0.05, 0.1) is 4.92 Å². The van der Waals surface area contributed by atoms with Crippen molar-refractivity contribution < 1.29 is 13.3 Å². The summed E-state index contributed by atoms with van der Waals surface area (Å²) in [6.07, 6.45) is 1.85. The van der Waals surface area contributed by atoms with Gasteiger partial charge in [-0.3, -0.25) is 10.1 Å². The van der Waals surface area contributed by atoms with Crippen molar-refractivity contribution >= 4 is 33.2 Å². The fraction of sp³-hybridized carbons (Fsp3) is 0.455. The molecule has 2 N–H and O–H groups in total. The van der Waals surface area contributed by atoms with E-state index in [9.17, 15) is 18.5 Å². The minimum Gasteiger partial charge on any atom is -0.380 e. The Morgan fingerprint density at radius 3 is 2.65 bits per heavy atom. The third-order valence-electron chi connectivity index (χ3n) is 2.44. The van der Waals surface area contributed by atoms with E-state index in [-0.39, 0.29) is 17.1 Å². The summed E-state index contributed by atoms with van der Waals surface area (Å²) in [5.74, 6) is 0.597. The SMILES string of the molecule is CCNc1cccc(S(=O)(=O)NCCSC)c1[N+](=O)[O-]. The molecule has 20 heavy (non-hydrogen) atoms. The number of thioether (sulfide) groups is 1. The molecule has 9 heteroatoms. The van der Waals surface area contributed by atoms with Gasteiger partial charge in [0.2, 0.25) is 10.0 Å². The minimum atomic E-state index is -3.89. The molecule has 0 saturated heterocycles. The fourth-order valence-corrected chi connectivity index (χ4v) is 3.27. The third-order valence-corrected chi connectivity index (χ3v) is 4.54. The van der Waals surface area contributed by atoms with Crippen LogP contribution < -0.4 is 10.0 Å². The number of benzene rings is 1. The van der Waals surface area contributed by atoms with Crippen LogP contribution in [-0.4, -0.2) is 38.4 Å². The number of nitro groups is 1. The molecule has 1 rings (SSSR count). The summed E-state index contributed by atoms with van der Waals surface area (Å²) in [7, 11) is -3.89. The molecule has 1 aromatic carbocycles. The first-order valence-corrected chi connectivity index (χ1v) is 8.81. The number of sulfonamides is 1. The van der Waals surface area contributed by atoms with Crippen LogP contribution >= 0.6 is 11.8 Å². The number of nitrogens with zero attached hydrogens (tertiary/aromatic N) is 1. The van der Waals surface area contributed by atoms with Gasteiger partial charge < -0.3 is 5.32 Å². The van der Waals surface area contributed by atoms with E-state index in [1.54, 1.807) is 6.92 Å². The van der Waals surface area contributed by atoms with Crippen molar-refractivity contribution in [1.82, 2.24) is 4.72 Å². The largest absolute Gasteiger partial charge is 0.380 e. The second-order valence-electron chi connectivity index (χ2n) is 3.83. The Balaban J connectivity index is 3.23. The summed E-state index contributed by atoms with van der Waals surface area (Å²) >= 11 is 1.49. The average Bonchev–Trinajstić information content (AvgIpc) is 2.38. The lowest BCUT2D eigenvalue weighted by atomic mass is 10.2. The number of anilines is 1. The topological polar surface area (TPSA) is 101 Å². The van der Waals surface area contributed by atoms with Crippen molar-refractivity contribution in [3.8, 4) is 0 Å². The first-order valence-electron chi connectivity index (χ1n) is 5.94. The van der Waals surface area contributed by atoms with Gasteiger partial charge in [-0.15, -0.1) is 0 Å². The van der Waals surface area contributed by atoms with Gasteiger partial charge in [0.1, 0.15) is 5.69 Å². The molecule has 1 aromatic rings. The normalized spacial score (nSPS) is 11.3. The molecule has 112 valence electrons. The zero-order valence-corrected chi connectivity index (χ0v) is 12.9. The van der Waals surface area contributed by atoms with E-state index < -0.39 is 20.6 Å². The molecule has 0 bridgehead atoms. The number of nitrogens with one attached hydrogen (secondary N) is 2. The van der Waals surface area contributed by atoms with Crippen molar-refractivity contribution in [1.29, 1.82) is 0 Å². The number of para-hydroxylation sites is 1. The Bertz CT molecular complexity index is 575. The Morgan fingerprint density at radius 2 is 2.10 bits per heavy atom. The molecule has 0 saturated carbocycles. The summed E-state index contributed by atoms with van der Waals surface area (Å²) in [4.78, 5) is 10.2. The molecule has 0 amide bonds. The first-order chi connectivity index (χ1) is 9.44. The van der Waals surface area contributed by atoms with E-state index in [1.807, 2.05) is 6.26 Å². The number of rotatable bonds is 8. The second-order valence-corrected chi connectivity index (χ2v) is 6.55. The van der Waals surface area contributed by atoms with Crippen molar-refractivity contribution in [2.75, 3.05) is 30.4 Å². The van der Waals surface area contributed by atoms with Gasteiger partial charge in [0.15, 0.2) is 4.90 Å². The van der Waals surface area contributed by atoms with Crippen molar-refractivity contribution in [3.05, 3.63) is 28.3 Å². The monoisotopic (exact) mass is 319 g/mol. The lowest BCUT2D eigenvalue weighted by Gasteiger charge is -2.10. The standard InChI is InChI=1S/C11H17N3O4S2/c1-3-12-9-5-4-6-10(11(9)14(15)16)20(17,18)13-7-8-19-2/h4-6,12-13H,3,7-8H2,1-2H3. The van der Waals surface area contributed by atoms with Crippen LogP contribution in [0.4, 0.5) is 11.4 Å². The number of nitro benzene ring substituents is 1. The number of hydrogen-bond donors (Lipinski definition) is 2. The van der Waals surface area contributed by atoms with Crippen molar-refractivity contribution in [3.63, 3.8) is 0 Å². The highest BCUT2D eigenvalue weighted by Gasteiger charge is 2.28. The Morgan fingerprint density at radius 1 is 1.40 bits per heavy atom. The third kappa shape index (κ3) is 4.09. The predicted octanol–water partition coefficient (Wildman–Crippen LogP) is 1.67. The maximum atomic E-state index is 12.1. The van der Waals surface area contributed by atoms with Crippen LogP contribution in [0.5, 0.6) is 0 Å². The Kier molecular flexibility index (Phi) is 6.24. The van der Waals surface area contributed by atoms with E-state index >= 15 is 0 Å². The average molecular weight is 319 g/mol. The van der Waals surface area contributed by atoms with E-state index in [0.29, 0.717) is 12.3 Å². The molecule has 0 unspecified atom stereocenters. The zero-order chi connectivity index (χ0) is 15.2.